The quantitative estimate of drug-likeness (QED) is 0.345. The first kappa shape index (κ1) is 22.3. The Balaban J connectivity index is 1.74. The number of benzene rings is 2. The lowest BCUT2D eigenvalue weighted by atomic mass is 10.1. The smallest absolute Gasteiger partial charge is 0.251 e. The zero-order valence-electron chi connectivity index (χ0n) is 17.8. The van der Waals surface area contributed by atoms with Crippen LogP contribution >= 0.6 is 0 Å². The molecule has 3 N–H and O–H groups in total. The van der Waals surface area contributed by atoms with E-state index in [1.54, 1.807) is 7.05 Å². The van der Waals surface area contributed by atoms with E-state index in [9.17, 15) is 4.79 Å². The molecule has 0 fully saturated rings. The SMILES string of the molecule is CN=C(NCCCNC(=O)c1ccccc1)NCc1ccc(C)cc1OC(C)C. The molecule has 0 unspecified atom stereocenters. The molecule has 0 saturated carbocycles. The fourth-order valence-corrected chi connectivity index (χ4v) is 2.76. The van der Waals surface area contributed by atoms with E-state index in [1.807, 2.05) is 44.2 Å². The molecule has 0 heterocycles. The van der Waals surface area contributed by atoms with E-state index >= 15 is 0 Å². The molecule has 0 spiro atoms. The number of carbonyl (C=O) groups is 1. The molecule has 2 rings (SSSR count). The molecule has 0 radical (unpaired) electrons. The van der Waals surface area contributed by atoms with Gasteiger partial charge >= 0.3 is 0 Å². The fraction of sp³-hybridized carbons (Fsp3) is 0.391. The Kier molecular flexibility index (Phi) is 9.02. The maximum absolute atomic E-state index is 12.0. The van der Waals surface area contributed by atoms with Gasteiger partial charge in [0.05, 0.1) is 6.10 Å². The summed E-state index contributed by atoms with van der Waals surface area (Å²) in [6.45, 7) is 8.03. The highest BCUT2D eigenvalue weighted by Gasteiger charge is 2.08. The van der Waals surface area contributed by atoms with Gasteiger partial charge in [-0.25, -0.2) is 0 Å². The molecule has 1 amide bonds. The average molecular weight is 397 g/mol. The summed E-state index contributed by atoms with van der Waals surface area (Å²) in [5, 5.41) is 9.51. The predicted octanol–water partition coefficient (Wildman–Crippen LogP) is 3.27. The molecular formula is C23H32N4O2. The van der Waals surface area contributed by atoms with Gasteiger partial charge in [-0.3, -0.25) is 9.79 Å². The van der Waals surface area contributed by atoms with Crippen LogP contribution in [0.15, 0.2) is 53.5 Å². The number of nitrogens with zero attached hydrogens (tertiary/aromatic N) is 1. The van der Waals surface area contributed by atoms with Gasteiger partial charge in [0.15, 0.2) is 5.96 Å². The third-order valence-corrected chi connectivity index (χ3v) is 4.22. The van der Waals surface area contributed by atoms with Crippen molar-refractivity contribution >= 4 is 11.9 Å². The highest BCUT2D eigenvalue weighted by atomic mass is 16.5. The van der Waals surface area contributed by atoms with Crippen molar-refractivity contribution in [1.29, 1.82) is 0 Å². The molecule has 2 aromatic carbocycles. The van der Waals surface area contributed by atoms with Crippen molar-refractivity contribution in [2.45, 2.75) is 39.8 Å². The minimum Gasteiger partial charge on any atom is -0.491 e. The zero-order valence-corrected chi connectivity index (χ0v) is 17.8. The summed E-state index contributed by atoms with van der Waals surface area (Å²) in [6.07, 6.45) is 0.921. The number of amides is 1. The zero-order chi connectivity index (χ0) is 21.1. The highest BCUT2D eigenvalue weighted by molar-refractivity contribution is 5.94. The van der Waals surface area contributed by atoms with E-state index in [0.717, 1.165) is 23.7 Å². The number of ether oxygens (including phenoxy) is 1. The van der Waals surface area contributed by atoms with Gasteiger partial charge in [0.25, 0.3) is 5.91 Å². The second-order valence-corrected chi connectivity index (χ2v) is 7.11. The van der Waals surface area contributed by atoms with Gasteiger partial charge in [-0.1, -0.05) is 30.3 Å². The van der Waals surface area contributed by atoms with Crippen LogP contribution in [0.1, 0.15) is 41.8 Å². The molecular weight excluding hydrogens is 364 g/mol. The summed E-state index contributed by atoms with van der Waals surface area (Å²) in [5.41, 5.74) is 2.93. The Morgan fingerprint density at radius 2 is 1.76 bits per heavy atom. The van der Waals surface area contributed by atoms with E-state index < -0.39 is 0 Å². The van der Waals surface area contributed by atoms with E-state index in [1.165, 1.54) is 5.56 Å². The minimum atomic E-state index is -0.0508. The largest absolute Gasteiger partial charge is 0.491 e. The first-order chi connectivity index (χ1) is 14.0. The number of nitrogens with one attached hydrogen (secondary N) is 3. The summed E-state index contributed by atoms with van der Waals surface area (Å²) >= 11 is 0. The van der Waals surface area contributed by atoms with Crippen molar-refractivity contribution in [3.8, 4) is 5.75 Å². The molecule has 156 valence electrons. The van der Waals surface area contributed by atoms with Crippen molar-refractivity contribution in [3.63, 3.8) is 0 Å². The van der Waals surface area contributed by atoms with Crippen LogP contribution in [0.3, 0.4) is 0 Å². The number of aryl methyl sites for hydroxylation is 1. The number of aliphatic imine (C=N–C) groups is 1. The van der Waals surface area contributed by atoms with Crippen molar-refractivity contribution < 1.29 is 9.53 Å². The van der Waals surface area contributed by atoms with E-state index in [-0.39, 0.29) is 12.0 Å². The normalized spacial score (nSPS) is 11.3. The van der Waals surface area contributed by atoms with Crippen molar-refractivity contribution in [3.05, 3.63) is 65.2 Å². The van der Waals surface area contributed by atoms with Gasteiger partial charge in [-0.05, 0) is 51.0 Å². The summed E-state index contributed by atoms with van der Waals surface area (Å²) in [4.78, 5) is 16.3. The Morgan fingerprint density at radius 3 is 2.45 bits per heavy atom. The lowest BCUT2D eigenvalue weighted by Gasteiger charge is -2.17. The molecule has 0 atom stereocenters. The molecule has 0 aliphatic rings. The third kappa shape index (κ3) is 7.86. The van der Waals surface area contributed by atoms with Crippen LogP contribution in [-0.2, 0) is 6.54 Å². The Labute approximate surface area is 173 Å². The number of hydrogen-bond acceptors (Lipinski definition) is 3. The molecule has 29 heavy (non-hydrogen) atoms. The Hall–Kier alpha value is -3.02. The lowest BCUT2D eigenvalue weighted by Crippen LogP contribution is -2.38. The van der Waals surface area contributed by atoms with Crippen molar-refractivity contribution in [1.82, 2.24) is 16.0 Å². The van der Waals surface area contributed by atoms with Crippen LogP contribution in [0, 0.1) is 6.92 Å². The van der Waals surface area contributed by atoms with Crippen LogP contribution in [0.4, 0.5) is 0 Å². The van der Waals surface area contributed by atoms with Crippen LogP contribution < -0.4 is 20.7 Å². The van der Waals surface area contributed by atoms with Crippen LogP contribution in [0.25, 0.3) is 0 Å². The topological polar surface area (TPSA) is 74.8 Å². The fourth-order valence-electron chi connectivity index (χ4n) is 2.76. The van der Waals surface area contributed by atoms with Gasteiger partial charge in [-0.15, -0.1) is 0 Å². The van der Waals surface area contributed by atoms with E-state index in [0.29, 0.717) is 25.2 Å². The maximum Gasteiger partial charge on any atom is 0.251 e. The third-order valence-electron chi connectivity index (χ3n) is 4.22. The minimum absolute atomic E-state index is 0.0508. The molecule has 0 saturated heterocycles. The molecule has 0 bridgehead atoms. The van der Waals surface area contributed by atoms with Gasteiger partial charge in [0, 0.05) is 37.8 Å². The van der Waals surface area contributed by atoms with Crippen LogP contribution in [-0.4, -0.2) is 38.1 Å². The van der Waals surface area contributed by atoms with E-state index in [4.69, 9.17) is 4.74 Å². The van der Waals surface area contributed by atoms with E-state index in [2.05, 4.69) is 46.1 Å². The second kappa shape index (κ2) is 11.7. The average Bonchev–Trinajstić information content (AvgIpc) is 2.71. The first-order valence-corrected chi connectivity index (χ1v) is 10.0. The van der Waals surface area contributed by atoms with Crippen LogP contribution in [0.2, 0.25) is 0 Å². The van der Waals surface area contributed by atoms with Crippen molar-refractivity contribution in [2.24, 2.45) is 4.99 Å². The molecule has 0 aliphatic heterocycles. The summed E-state index contributed by atoms with van der Waals surface area (Å²) < 4.78 is 5.92. The van der Waals surface area contributed by atoms with Crippen molar-refractivity contribution in [2.75, 3.05) is 20.1 Å². The highest BCUT2D eigenvalue weighted by Crippen LogP contribution is 2.21. The monoisotopic (exact) mass is 396 g/mol. The van der Waals surface area contributed by atoms with Crippen LogP contribution in [0.5, 0.6) is 5.75 Å². The molecule has 6 nitrogen and oxygen atoms in total. The number of guanidine groups is 1. The predicted molar refractivity (Wildman–Crippen MR) is 119 cm³/mol. The lowest BCUT2D eigenvalue weighted by molar-refractivity contribution is 0.0953. The Morgan fingerprint density at radius 1 is 1.03 bits per heavy atom. The first-order valence-electron chi connectivity index (χ1n) is 10.0. The molecule has 0 aliphatic carbocycles. The Bertz CT molecular complexity index is 804. The summed E-state index contributed by atoms with van der Waals surface area (Å²) in [7, 11) is 1.74. The van der Waals surface area contributed by atoms with Gasteiger partial charge in [0.1, 0.15) is 5.75 Å². The number of carbonyl (C=O) groups excluding carboxylic acids is 1. The maximum atomic E-state index is 12.0. The summed E-state index contributed by atoms with van der Waals surface area (Å²) in [6, 6.07) is 15.4. The number of rotatable bonds is 9. The standard InChI is InChI=1S/C23H32N4O2/c1-17(2)29-21-15-18(3)11-12-20(21)16-27-23(24-4)26-14-8-13-25-22(28)19-9-6-5-7-10-19/h5-7,9-12,15,17H,8,13-14,16H2,1-4H3,(H,25,28)(H2,24,26,27). The van der Waals surface area contributed by atoms with Gasteiger partial charge in [0.2, 0.25) is 0 Å². The molecule has 2 aromatic rings. The second-order valence-electron chi connectivity index (χ2n) is 7.11. The number of hydrogen-bond donors (Lipinski definition) is 3. The van der Waals surface area contributed by atoms with Gasteiger partial charge in [-0.2, -0.15) is 0 Å². The summed E-state index contributed by atoms with van der Waals surface area (Å²) in [5.74, 6) is 1.56. The molecule has 6 heteroatoms. The molecule has 0 aromatic heterocycles. The van der Waals surface area contributed by atoms with Gasteiger partial charge < -0.3 is 20.7 Å².